The van der Waals surface area contributed by atoms with Gasteiger partial charge >= 0.3 is 0 Å². The molecule has 1 saturated carbocycles. The summed E-state index contributed by atoms with van der Waals surface area (Å²) in [5.74, 6) is -0.724. The van der Waals surface area contributed by atoms with E-state index in [4.69, 9.17) is 0 Å². The zero-order chi connectivity index (χ0) is 12.1. The number of rotatable bonds is 2. The molecule has 1 heterocycles. The summed E-state index contributed by atoms with van der Waals surface area (Å²) < 4.78 is 13.4. The maximum atomic E-state index is 13.4. The van der Waals surface area contributed by atoms with Crippen molar-refractivity contribution in [2.75, 3.05) is 0 Å². The third-order valence-electron chi connectivity index (χ3n) is 4.32. The monoisotopic (exact) mass is 221 g/mol. The molecule has 1 fully saturated rings. The zero-order valence-electron chi connectivity index (χ0n) is 10.0. The first-order valence-electron chi connectivity index (χ1n) is 5.44. The highest BCUT2D eigenvalue weighted by Gasteiger charge is 2.68. The minimum atomic E-state index is -0.522. The molecule has 0 atom stereocenters. The topological polar surface area (TPSA) is 30.0 Å². The smallest absolute Gasteiger partial charge is 0.170 e. The number of pyridine rings is 1. The normalized spacial score (nSPS) is 21.8. The highest BCUT2D eigenvalue weighted by molar-refractivity contribution is 6.01. The molecule has 1 aliphatic carbocycles. The highest BCUT2D eigenvalue weighted by atomic mass is 19.1. The number of aromatic nitrogens is 1. The van der Waals surface area contributed by atoms with Crippen molar-refractivity contribution in [2.24, 2.45) is 16.7 Å². The first-order chi connectivity index (χ1) is 7.30. The first-order valence-corrected chi connectivity index (χ1v) is 5.44. The van der Waals surface area contributed by atoms with Crippen molar-refractivity contribution < 1.29 is 9.18 Å². The number of halogens is 1. The van der Waals surface area contributed by atoms with Crippen LogP contribution in [0.5, 0.6) is 0 Å². The third-order valence-corrected chi connectivity index (χ3v) is 4.32. The standard InChI is InChI=1S/C13H16FNO/c1-12(2)11(13(12,3)4)10(16)8-5-6-15-7-9(8)14/h5-7,11H,1-4H3. The Morgan fingerprint density at radius 1 is 1.31 bits per heavy atom. The Morgan fingerprint density at radius 2 is 1.88 bits per heavy atom. The van der Waals surface area contributed by atoms with Crippen molar-refractivity contribution in [3.8, 4) is 0 Å². The molecule has 0 bridgehead atoms. The van der Waals surface area contributed by atoms with E-state index in [9.17, 15) is 9.18 Å². The molecule has 1 aromatic heterocycles. The average Bonchev–Trinajstić information content (AvgIpc) is 2.57. The third kappa shape index (κ3) is 1.30. The van der Waals surface area contributed by atoms with Gasteiger partial charge in [-0.25, -0.2) is 4.39 Å². The summed E-state index contributed by atoms with van der Waals surface area (Å²) in [7, 11) is 0. The van der Waals surface area contributed by atoms with Crippen LogP contribution in [0.4, 0.5) is 4.39 Å². The Bertz CT molecular complexity index is 437. The van der Waals surface area contributed by atoms with E-state index in [-0.39, 0.29) is 28.1 Å². The number of carbonyl (C=O) groups excluding carboxylic acids is 1. The van der Waals surface area contributed by atoms with Crippen molar-refractivity contribution >= 4 is 5.78 Å². The van der Waals surface area contributed by atoms with E-state index in [0.29, 0.717) is 0 Å². The summed E-state index contributed by atoms with van der Waals surface area (Å²) >= 11 is 0. The van der Waals surface area contributed by atoms with Crippen molar-refractivity contribution in [3.63, 3.8) is 0 Å². The summed E-state index contributed by atoms with van der Waals surface area (Å²) in [5, 5.41) is 0. The minimum absolute atomic E-state index is 0.0558. The number of carbonyl (C=O) groups is 1. The number of hydrogen-bond donors (Lipinski definition) is 0. The van der Waals surface area contributed by atoms with Gasteiger partial charge in [-0.15, -0.1) is 0 Å². The first kappa shape index (κ1) is 11.2. The Hall–Kier alpha value is -1.25. The summed E-state index contributed by atoms with van der Waals surface area (Å²) in [6, 6.07) is 1.46. The van der Waals surface area contributed by atoms with Gasteiger partial charge in [-0.05, 0) is 16.9 Å². The van der Waals surface area contributed by atoms with Crippen LogP contribution in [0, 0.1) is 22.6 Å². The van der Waals surface area contributed by atoms with Gasteiger partial charge in [-0.1, -0.05) is 27.7 Å². The van der Waals surface area contributed by atoms with Crippen molar-refractivity contribution in [3.05, 3.63) is 29.8 Å². The lowest BCUT2D eigenvalue weighted by atomic mass is 10.0. The molecule has 2 nitrogen and oxygen atoms in total. The molecular weight excluding hydrogens is 205 g/mol. The second-order valence-corrected chi connectivity index (χ2v) is 5.60. The van der Waals surface area contributed by atoms with Gasteiger partial charge in [-0.3, -0.25) is 9.78 Å². The van der Waals surface area contributed by atoms with Gasteiger partial charge in [0.05, 0.1) is 11.8 Å². The number of nitrogens with zero attached hydrogens (tertiary/aromatic N) is 1. The quantitative estimate of drug-likeness (QED) is 0.718. The van der Waals surface area contributed by atoms with Crippen molar-refractivity contribution in [1.82, 2.24) is 4.98 Å². The van der Waals surface area contributed by atoms with Crippen LogP contribution in [-0.4, -0.2) is 10.8 Å². The Kier molecular flexibility index (Phi) is 2.19. The number of hydrogen-bond acceptors (Lipinski definition) is 2. The Morgan fingerprint density at radius 3 is 2.31 bits per heavy atom. The molecule has 0 amide bonds. The van der Waals surface area contributed by atoms with Crippen LogP contribution < -0.4 is 0 Å². The Labute approximate surface area is 94.9 Å². The fourth-order valence-corrected chi connectivity index (χ4v) is 2.58. The summed E-state index contributed by atoms with van der Waals surface area (Å²) in [6.45, 7) is 8.20. The molecule has 0 saturated heterocycles. The van der Waals surface area contributed by atoms with Gasteiger partial charge < -0.3 is 0 Å². The molecular formula is C13H16FNO. The van der Waals surface area contributed by atoms with Crippen LogP contribution in [0.1, 0.15) is 38.1 Å². The fourth-order valence-electron chi connectivity index (χ4n) is 2.58. The highest BCUT2D eigenvalue weighted by Crippen LogP contribution is 2.69. The van der Waals surface area contributed by atoms with E-state index in [1.165, 1.54) is 12.3 Å². The molecule has 0 radical (unpaired) electrons. The van der Waals surface area contributed by atoms with Gasteiger partial charge in [0, 0.05) is 12.1 Å². The van der Waals surface area contributed by atoms with E-state index in [1.807, 2.05) is 0 Å². The van der Waals surface area contributed by atoms with Crippen LogP contribution in [0.2, 0.25) is 0 Å². The lowest BCUT2D eigenvalue weighted by Gasteiger charge is -2.03. The molecule has 1 aliphatic rings. The van der Waals surface area contributed by atoms with E-state index >= 15 is 0 Å². The molecule has 3 heteroatoms. The molecule has 16 heavy (non-hydrogen) atoms. The lowest BCUT2D eigenvalue weighted by Crippen LogP contribution is -2.09. The number of ketones is 1. The fraction of sp³-hybridized carbons (Fsp3) is 0.538. The van der Waals surface area contributed by atoms with Crippen LogP contribution in [-0.2, 0) is 0 Å². The SMILES string of the molecule is CC1(C)C(C(=O)c2ccncc2F)C1(C)C. The van der Waals surface area contributed by atoms with E-state index < -0.39 is 5.82 Å². The van der Waals surface area contributed by atoms with Crippen molar-refractivity contribution in [2.45, 2.75) is 27.7 Å². The summed E-state index contributed by atoms with van der Waals surface area (Å²) in [6.07, 6.45) is 2.55. The maximum absolute atomic E-state index is 13.4. The molecule has 2 rings (SSSR count). The summed E-state index contributed by atoms with van der Waals surface area (Å²) in [5.41, 5.74) is 0.0539. The van der Waals surface area contributed by atoms with Crippen LogP contribution in [0.25, 0.3) is 0 Å². The van der Waals surface area contributed by atoms with E-state index in [0.717, 1.165) is 6.20 Å². The van der Waals surface area contributed by atoms with Gasteiger partial charge in [0.2, 0.25) is 0 Å². The predicted molar refractivity (Wildman–Crippen MR) is 59.6 cm³/mol. The molecule has 0 unspecified atom stereocenters. The lowest BCUT2D eigenvalue weighted by molar-refractivity contribution is 0.0941. The van der Waals surface area contributed by atoms with Crippen LogP contribution in [0.3, 0.4) is 0 Å². The van der Waals surface area contributed by atoms with Gasteiger partial charge in [0.25, 0.3) is 0 Å². The van der Waals surface area contributed by atoms with Gasteiger partial charge in [0.1, 0.15) is 0 Å². The second-order valence-electron chi connectivity index (χ2n) is 5.60. The number of Topliss-reactive ketones (excluding diaryl/α,β-unsaturated/α-hetero) is 1. The second kappa shape index (κ2) is 3.12. The van der Waals surface area contributed by atoms with E-state index in [1.54, 1.807) is 0 Å². The molecule has 0 aromatic carbocycles. The summed E-state index contributed by atoms with van der Waals surface area (Å²) in [4.78, 5) is 15.8. The van der Waals surface area contributed by atoms with Crippen molar-refractivity contribution in [1.29, 1.82) is 0 Å². The van der Waals surface area contributed by atoms with Crippen LogP contribution >= 0.6 is 0 Å². The molecule has 1 aromatic rings. The molecule has 86 valence electrons. The molecule has 0 aliphatic heterocycles. The minimum Gasteiger partial charge on any atom is -0.294 e. The predicted octanol–water partition coefficient (Wildman–Crippen LogP) is 3.09. The average molecular weight is 221 g/mol. The Balaban J connectivity index is 2.34. The van der Waals surface area contributed by atoms with Gasteiger partial charge in [0.15, 0.2) is 11.6 Å². The zero-order valence-corrected chi connectivity index (χ0v) is 10.0. The van der Waals surface area contributed by atoms with Gasteiger partial charge in [-0.2, -0.15) is 0 Å². The van der Waals surface area contributed by atoms with E-state index in [2.05, 4.69) is 32.7 Å². The van der Waals surface area contributed by atoms with Crippen LogP contribution in [0.15, 0.2) is 18.5 Å². The largest absolute Gasteiger partial charge is 0.294 e. The maximum Gasteiger partial charge on any atom is 0.170 e. The molecule has 0 spiro atoms. The molecule has 0 N–H and O–H groups in total.